The van der Waals surface area contributed by atoms with Crippen LogP contribution in [0.5, 0.6) is 0 Å². The average Bonchev–Trinajstić information content (AvgIpc) is 2.82. The van der Waals surface area contributed by atoms with Gasteiger partial charge in [0, 0.05) is 11.6 Å². The van der Waals surface area contributed by atoms with Crippen LogP contribution in [0.1, 0.15) is 88.5 Å². The molecule has 4 heteroatoms. The number of nitrogens with two attached hydrogens (primary N) is 2. The summed E-state index contributed by atoms with van der Waals surface area (Å²) in [5.41, 5.74) is 18.3. The second-order valence-corrected chi connectivity index (χ2v) is 11.3. The lowest BCUT2D eigenvalue weighted by molar-refractivity contribution is -0.155. The quantitative estimate of drug-likeness (QED) is 0.278. The van der Waals surface area contributed by atoms with Crippen molar-refractivity contribution in [2.24, 2.45) is 16.9 Å². The number of carbonyl (C=O) groups excluding carboxylic acids is 1. The van der Waals surface area contributed by atoms with Gasteiger partial charge in [-0.1, -0.05) is 67.4 Å². The molecule has 0 fully saturated rings. The number of benzene rings is 2. The van der Waals surface area contributed by atoms with E-state index in [2.05, 4.69) is 54.6 Å². The van der Waals surface area contributed by atoms with Crippen LogP contribution < -0.4 is 11.5 Å². The van der Waals surface area contributed by atoms with Gasteiger partial charge in [-0.15, -0.1) is 0 Å². The molecule has 2 aromatic carbocycles. The maximum Gasteiger partial charge on any atom is 0.313 e. The first kappa shape index (κ1) is 27.2. The molecule has 1 aliphatic carbocycles. The molecule has 1 atom stereocenters. The Kier molecular flexibility index (Phi) is 9.32. The predicted molar refractivity (Wildman–Crippen MR) is 147 cm³/mol. The van der Waals surface area contributed by atoms with E-state index >= 15 is 0 Å². The SMILES string of the molecule is CC(C)(N)CC(N)C(C)(C)C(=O)OCCCCCCc1cccc2c1C=C(c1ccccc1)CC2. The van der Waals surface area contributed by atoms with Crippen LogP contribution >= 0.6 is 0 Å². The Bertz CT molecular complexity index is 1000. The van der Waals surface area contributed by atoms with Crippen LogP contribution in [0, 0.1) is 5.41 Å². The van der Waals surface area contributed by atoms with E-state index in [0.717, 1.165) is 44.9 Å². The monoisotopic (exact) mass is 476 g/mol. The Balaban J connectivity index is 1.43. The van der Waals surface area contributed by atoms with E-state index in [0.29, 0.717) is 13.0 Å². The molecule has 0 saturated carbocycles. The van der Waals surface area contributed by atoms with Crippen LogP contribution in [0.4, 0.5) is 0 Å². The van der Waals surface area contributed by atoms with E-state index in [-0.39, 0.29) is 12.0 Å². The molecule has 4 N–H and O–H groups in total. The Morgan fingerprint density at radius 3 is 2.37 bits per heavy atom. The third-order valence-electron chi connectivity index (χ3n) is 7.19. The summed E-state index contributed by atoms with van der Waals surface area (Å²) in [4.78, 5) is 12.6. The van der Waals surface area contributed by atoms with Crippen molar-refractivity contribution in [3.63, 3.8) is 0 Å². The Morgan fingerprint density at radius 1 is 0.943 bits per heavy atom. The minimum atomic E-state index is -0.741. The standard InChI is InChI=1S/C31H44N2O2/c1-30(2,33)22-28(32)31(3,4)29(34)35-20-11-6-5-8-15-24-16-12-17-25-18-19-26(21-27(24)25)23-13-9-7-10-14-23/h7,9-10,12-14,16-17,21,28H,5-6,8,11,15,18-20,22,32-33H2,1-4H3. The lowest BCUT2D eigenvalue weighted by Crippen LogP contribution is -2.50. The molecule has 3 rings (SSSR count). The number of esters is 1. The average molecular weight is 477 g/mol. The van der Waals surface area contributed by atoms with Gasteiger partial charge in [0.2, 0.25) is 0 Å². The van der Waals surface area contributed by atoms with Gasteiger partial charge in [0.1, 0.15) is 0 Å². The molecular formula is C31H44N2O2. The molecule has 190 valence electrons. The summed E-state index contributed by atoms with van der Waals surface area (Å²) in [6.45, 7) is 8.01. The highest BCUT2D eigenvalue weighted by atomic mass is 16.5. The van der Waals surface area contributed by atoms with Crippen LogP contribution in [0.25, 0.3) is 11.6 Å². The molecule has 0 spiro atoms. The van der Waals surface area contributed by atoms with Gasteiger partial charge in [-0.05, 0) is 94.0 Å². The minimum absolute atomic E-state index is 0.230. The van der Waals surface area contributed by atoms with E-state index in [1.165, 1.54) is 27.8 Å². The molecule has 2 aromatic rings. The van der Waals surface area contributed by atoms with Crippen LogP contribution in [-0.4, -0.2) is 24.2 Å². The largest absolute Gasteiger partial charge is 0.465 e. The van der Waals surface area contributed by atoms with Crippen molar-refractivity contribution in [2.45, 2.75) is 90.6 Å². The summed E-state index contributed by atoms with van der Waals surface area (Å²) < 4.78 is 5.57. The number of aryl methyl sites for hydroxylation is 2. The number of ether oxygens (including phenoxy) is 1. The van der Waals surface area contributed by atoms with Crippen LogP contribution in [0.3, 0.4) is 0 Å². The topological polar surface area (TPSA) is 78.3 Å². The highest BCUT2D eigenvalue weighted by molar-refractivity contribution is 5.85. The Labute approximate surface area is 212 Å². The van der Waals surface area contributed by atoms with Crippen LogP contribution in [0.15, 0.2) is 48.5 Å². The number of unbranched alkanes of at least 4 members (excludes halogenated alkanes) is 3. The van der Waals surface area contributed by atoms with Crippen molar-refractivity contribution in [1.82, 2.24) is 0 Å². The molecule has 0 heterocycles. The van der Waals surface area contributed by atoms with E-state index in [1.807, 2.05) is 27.7 Å². The lowest BCUT2D eigenvalue weighted by atomic mass is 9.79. The summed E-state index contributed by atoms with van der Waals surface area (Å²) in [6.07, 6.45) is 10.5. The van der Waals surface area contributed by atoms with Crippen molar-refractivity contribution in [2.75, 3.05) is 6.61 Å². The highest BCUT2D eigenvalue weighted by Crippen LogP contribution is 2.33. The maximum absolute atomic E-state index is 12.6. The number of allylic oxidation sites excluding steroid dienone is 1. The van der Waals surface area contributed by atoms with E-state index in [1.54, 1.807) is 0 Å². The molecule has 1 unspecified atom stereocenters. The summed E-state index contributed by atoms with van der Waals surface area (Å²) in [5, 5.41) is 0. The molecule has 0 radical (unpaired) electrons. The lowest BCUT2D eigenvalue weighted by Gasteiger charge is -2.33. The predicted octanol–water partition coefficient (Wildman–Crippen LogP) is 6.30. The molecule has 0 bridgehead atoms. The maximum atomic E-state index is 12.6. The van der Waals surface area contributed by atoms with Gasteiger partial charge in [0.05, 0.1) is 12.0 Å². The van der Waals surface area contributed by atoms with Gasteiger partial charge in [-0.25, -0.2) is 0 Å². The second kappa shape index (κ2) is 12.0. The van der Waals surface area contributed by atoms with E-state index < -0.39 is 11.0 Å². The van der Waals surface area contributed by atoms with Gasteiger partial charge in [0.15, 0.2) is 0 Å². The second-order valence-electron chi connectivity index (χ2n) is 11.3. The molecule has 1 aliphatic rings. The zero-order valence-electron chi connectivity index (χ0n) is 22.1. The Hall–Kier alpha value is -2.43. The number of carbonyl (C=O) groups is 1. The third-order valence-corrected chi connectivity index (χ3v) is 7.19. The van der Waals surface area contributed by atoms with E-state index in [9.17, 15) is 4.79 Å². The van der Waals surface area contributed by atoms with Crippen LogP contribution in [0.2, 0.25) is 0 Å². The molecule has 0 aliphatic heterocycles. The van der Waals surface area contributed by atoms with E-state index in [4.69, 9.17) is 16.2 Å². The van der Waals surface area contributed by atoms with Gasteiger partial charge < -0.3 is 16.2 Å². The zero-order valence-corrected chi connectivity index (χ0v) is 22.1. The van der Waals surface area contributed by atoms with Gasteiger partial charge in [-0.3, -0.25) is 4.79 Å². The Morgan fingerprint density at radius 2 is 1.66 bits per heavy atom. The normalized spacial score (nSPS) is 14.7. The highest BCUT2D eigenvalue weighted by Gasteiger charge is 2.38. The first-order valence-corrected chi connectivity index (χ1v) is 13.2. The van der Waals surface area contributed by atoms with Crippen molar-refractivity contribution in [3.8, 4) is 0 Å². The van der Waals surface area contributed by atoms with Crippen molar-refractivity contribution in [3.05, 3.63) is 70.8 Å². The van der Waals surface area contributed by atoms with Gasteiger partial charge in [0.25, 0.3) is 0 Å². The smallest absolute Gasteiger partial charge is 0.313 e. The zero-order chi connectivity index (χ0) is 25.5. The summed E-state index contributed by atoms with van der Waals surface area (Å²) in [6, 6.07) is 17.1. The van der Waals surface area contributed by atoms with Crippen molar-refractivity contribution >= 4 is 17.6 Å². The fourth-order valence-electron chi connectivity index (χ4n) is 4.78. The van der Waals surface area contributed by atoms with Crippen molar-refractivity contribution in [1.29, 1.82) is 0 Å². The first-order valence-electron chi connectivity index (χ1n) is 13.2. The number of hydrogen-bond acceptors (Lipinski definition) is 4. The third kappa shape index (κ3) is 7.78. The summed E-state index contributed by atoms with van der Waals surface area (Å²) >= 11 is 0. The number of fused-ring (bicyclic) bond motifs is 1. The summed E-state index contributed by atoms with van der Waals surface area (Å²) in [5.74, 6) is -0.230. The molecule has 35 heavy (non-hydrogen) atoms. The first-order chi connectivity index (χ1) is 16.6. The minimum Gasteiger partial charge on any atom is -0.465 e. The fourth-order valence-corrected chi connectivity index (χ4v) is 4.78. The molecule has 0 saturated heterocycles. The molecule has 4 nitrogen and oxygen atoms in total. The number of hydrogen-bond donors (Lipinski definition) is 2. The fraction of sp³-hybridized carbons (Fsp3) is 0.516. The number of rotatable bonds is 12. The molecule has 0 aromatic heterocycles. The van der Waals surface area contributed by atoms with Gasteiger partial charge in [-0.2, -0.15) is 0 Å². The molecular weight excluding hydrogens is 432 g/mol. The molecule has 0 amide bonds. The summed E-state index contributed by atoms with van der Waals surface area (Å²) in [7, 11) is 0. The van der Waals surface area contributed by atoms with Crippen LogP contribution in [-0.2, 0) is 22.4 Å². The van der Waals surface area contributed by atoms with Gasteiger partial charge >= 0.3 is 5.97 Å². The van der Waals surface area contributed by atoms with Crippen molar-refractivity contribution < 1.29 is 9.53 Å².